The van der Waals surface area contributed by atoms with Gasteiger partial charge >= 0.3 is 5.97 Å². The van der Waals surface area contributed by atoms with Crippen LogP contribution in [0.25, 0.3) is 11.5 Å². The summed E-state index contributed by atoms with van der Waals surface area (Å²) in [7, 11) is 0. The Labute approximate surface area is 166 Å². The number of carbonyl (C=O) groups excluding carboxylic acids is 3. The highest BCUT2D eigenvalue weighted by atomic mass is 16.5. The molecule has 0 atom stereocenters. The largest absolute Gasteiger partial charge is 0.455 e. The van der Waals surface area contributed by atoms with Crippen molar-refractivity contribution in [3.05, 3.63) is 66.6 Å². The standard InChI is InChI=1S/C21H19N3O5/c1-14(25)22-16-7-9-17(10-8-16)23-19(26)13-28-20(27)11-18-12-29-21(24-18)15-5-3-2-4-6-15/h2-10,12H,11,13H2,1H3,(H,22,25)(H,23,26). The Morgan fingerprint density at radius 3 is 2.28 bits per heavy atom. The quantitative estimate of drug-likeness (QED) is 0.597. The summed E-state index contributed by atoms with van der Waals surface area (Å²) in [5, 5.41) is 5.23. The molecule has 0 bridgehead atoms. The first-order chi connectivity index (χ1) is 14.0. The summed E-state index contributed by atoms with van der Waals surface area (Å²) in [6.07, 6.45) is 1.29. The monoisotopic (exact) mass is 393 g/mol. The third kappa shape index (κ3) is 6.03. The number of nitrogens with zero attached hydrogens (tertiary/aromatic N) is 1. The summed E-state index contributed by atoms with van der Waals surface area (Å²) in [5.41, 5.74) is 2.35. The number of oxazole rings is 1. The summed E-state index contributed by atoms with van der Waals surface area (Å²) in [5.74, 6) is -0.838. The first kappa shape index (κ1) is 19.8. The smallest absolute Gasteiger partial charge is 0.312 e. The number of aromatic nitrogens is 1. The molecule has 0 fully saturated rings. The molecule has 3 aromatic rings. The van der Waals surface area contributed by atoms with Gasteiger partial charge in [-0.15, -0.1) is 0 Å². The zero-order valence-corrected chi connectivity index (χ0v) is 15.7. The van der Waals surface area contributed by atoms with Gasteiger partial charge in [0.25, 0.3) is 5.91 Å². The highest BCUT2D eigenvalue weighted by molar-refractivity contribution is 5.93. The molecule has 0 saturated heterocycles. The molecular formula is C21H19N3O5. The van der Waals surface area contributed by atoms with Crippen LogP contribution >= 0.6 is 0 Å². The molecule has 0 saturated carbocycles. The molecule has 2 amide bonds. The normalized spacial score (nSPS) is 10.2. The van der Waals surface area contributed by atoms with E-state index >= 15 is 0 Å². The van der Waals surface area contributed by atoms with E-state index in [0.717, 1.165) is 5.56 Å². The SMILES string of the molecule is CC(=O)Nc1ccc(NC(=O)COC(=O)Cc2coc(-c3ccccc3)n2)cc1. The average Bonchev–Trinajstić information content (AvgIpc) is 3.17. The van der Waals surface area contributed by atoms with Crippen LogP contribution in [-0.2, 0) is 25.5 Å². The van der Waals surface area contributed by atoms with Gasteiger partial charge in [-0.25, -0.2) is 4.98 Å². The van der Waals surface area contributed by atoms with Crippen molar-refractivity contribution in [3.8, 4) is 11.5 Å². The van der Waals surface area contributed by atoms with Gasteiger partial charge in [-0.3, -0.25) is 14.4 Å². The minimum absolute atomic E-state index is 0.102. The molecule has 0 aliphatic heterocycles. The van der Waals surface area contributed by atoms with E-state index in [1.54, 1.807) is 24.3 Å². The Bertz CT molecular complexity index is 997. The molecule has 8 nitrogen and oxygen atoms in total. The van der Waals surface area contributed by atoms with Gasteiger partial charge in [0.1, 0.15) is 6.26 Å². The van der Waals surface area contributed by atoms with Gasteiger partial charge in [-0.2, -0.15) is 0 Å². The summed E-state index contributed by atoms with van der Waals surface area (Å²) in [6.45, 7) is 0.987. The van der Waals surface area contributed by atoms with Crippen LogP contribution in [-0.4, -0.2) is 29.4 Å². The first-order valence-corrected chi connectivity index (χ1v) is 8.82. The number of ether oxygens (including phenoxy) is 1. The fourth-order valence-corrected chi connectivity index (χ4v) is 2.48. The van der Waals surface area contributed by atoms with Gasteiger partial charge in [-0.05, 0) is 36.4 Å². The Morgan fingerprint density at radius 2 is 1.62 bits per heavy atom. The number of hydrogen-bond donors (Lipinski definition) is 2. The number of carbonyl (C=O) groups is 3. The van der Waals surface area contributed by atoms with E-state index in [2.05, 4.69) is 15.6 Å². The lowest BCUT2D eigenvalue weighted by Crippen LogP contribution is -2.21. The lowest BCUT2D eigenvalue weighted by Gasteiger charge is -2.07. The van der Waals surface area contributed by atoms with Crippen LogP contribution in [0.2, 0.25) is 0 Å². The number of rotatable bonds is 7. The van der Waals surface area contributed by atoms with Crippen molar-refractivity contribution < 1.29 is 23.5 Å². The molecule has 8 heteroatoms. The van der Waals surface area contributed by atoms with E-state index in [0.29, 0.717) is 23.0 Å². The van der Waals surface area contributed by atoms with Crippen molar-refractivity contribution in [1.82, 2.24) is 4.98 Å². The predicted molar refractivity (Wildman–Crippen MR) is 106 cm³/mol. The molecule has 0 aliphatic rings. The van der Waals surface area contributed by atoms with Gasteiger partial charge < -0.3 is 19.8 Å². The lowest BCUT2D eigenvalue weighted by molar-refractivity contribution is -0.146. The van der Waals surface area contributed by atoms with Gasteiger partial charge in [0.15, 0.2) is 6.61 Å². The predicted octanol–water partition coefficient (Wildman–Crippen LogP) is 3.02. The third-order valence-corrected chi connectivity index (χ3v) is 3.75. The maximum atomic E-state index is 11.9. The number of benzene rings is 2. The molecule has 1 aromatic heterocycles. The minimum atomic E-state index is -0.589. The van der Waals surface area contributed by atoms with Gasteiger partial charge in [0.05, 0.1) is 12.1 Å². The molecule has 148 valence electrons. The molecule has 0 radical (unpaired) electrons. The van der Waals surface area contributed by atoms with Gasteiger partial charge in [0.2, 0.25) is 11.8 Å². The number of nitrogens with one attached hydrogen (secondary N) is 2. The molecule has 0 spiro atoms. The van der Waals surface area contributed by atoms with Crippen LogP contribution in [0.5, 0.6) is 0 Å². The van der Waals surface area contributed by atoms with E-state index in [9.17, 15) is 14.4 Å². The molecule has 2 N–H and O–H groups in total. The van der Waals surface area contributed by atoms with Crippen LogP contribution in [0.3, 0.4) is 0 Å². The van der Waals surface area contributed by atoms with E-state index in [1.165, 1.54) is 13.2 Å². The van der Waals surface area contributed by atoms with Crippen molar-refractivity contribution in [2.24, 2.45) is 0 Å². The number of esters is 1. The van der Waals surface area contributed by atoms with Crippen LogP contribution in [0.4, 0.5) is 11.4 Å². The fraction of sp³-hybridized carbons (Fsp3) is 0.143. The lowest BCUT2D eigenvalue weighted by atomic mass is 10.2. The summed E-state index contributed by atoms with van der Waals surface area (Å²) >= 11 is 0. The third-order valence-electron chi connectivity index (χ3n) is 3.75. The van der Waals surface area contributed by atoms with Gasteiger partial charge in [0, 0.05) is 23.9 Å². The highest BCUT2D eigenvalue weighted by Gasteiger charge is 2.13. The number of anilines is 2. The van der Waals surface area contributed by atoms with E-state index in [1.807, 2.05) is 30.3 Å². The minimum Gasteiger partial charge on any atom is -0.455 e. The summed E-state index contributed by atoms with van der Waals surface area (Å²) in [4.78, 5) is 39.1. The van der Waals surface area contributed by atoms with E-state index in [4.69, 9.17) is 9.15 Å². The van der Waals surface area contributed by atoms with Crippen LogP contribution in [0.15, 0.2) is 65.3 Å². The molecule has 2 aromatic carbocycles. The number of amides is 2. The van der Waals surface area contributed by atoms with Gasteiger partial charge in [-0.1, -0.05) is 18.2 Å². The van der Waals surface area contributed by atoms with Crippen molar-refractivity contribution in [1.29, 1.82) is 0 Å². The van der Waals surface area contributed by atoms with Crippen LogP contribution < -0.4 is 10.6 Å². The Balaban J connectivity index is 1.45. The van der Waals surface area contributed by atoms with Crippen molar-refractivity contribution in [2.75, 3.05) is 17.2 Å². The average molecular weight is 393 g/mol. The topological polar surface area (TPSA) is 111 Å². The van der Waals surface area contributed by atoms with E-state index < -0.39 is 18.5 Å². The second-order valence-corrected chi connectivity index (χ2v) is 6.15. The maximum Gasteiger partial charge on any atom is 0.312 e. The van der Waals surface area contributed by atoms with Crippen LogP contribution in [0, 0.1) is 0 Å². The molecule has 0 aliphatic carbocycles. The second-order valence-electron chi connectivity index (χ2n) is 6.15. The van der Waals surface area contributed by atoms with Crippen molar-refractivity contribution in [3.63, 3.8) is 0 Å². The highest BCUT2D eigenvalue weighted by Crippen LogP contribution is 2.18. The Kier molecular flexibility index (Phi) is 6.36. The summed E-state index contributed by atoms with van der Waals surface area (Å²) < 4.78 is 10.3. The molecule has 1 heterocycles. The molecule has 29 heavy (non-hydrogen) atoms. The van der Waals surface area contributed by atoms with Crippen molar-refractivity contribution >= 4 is 29.2 Å². The fourth-order valence-electron chi connectivity index (χ4n) is 2.48. The van der Waals surface area contributed by atoms with Crippen LogP contribution in [0.1, 0.15) is 12.6 Å². The molecular weight excluding hydrogens is 374 g/mol. The molecule has 3 rings (SSSR count). The zero-order valence-electron chi connectivity index (χ0n) is 15.7. The Hall–Kier alpha value is -3.94. The maximum absolute atomic E-state index is 11.9. The van der Waals surface area contributed by atoms with E-state index in [-0.39, 0.29) is 12.3 Å². The Morgan fingerprint density at radius 1 is 0.966 bits per heavy atom. The zero-order chi connectivity index (χ0) is 20.6. The first-order valence-electron chi connectivity index (χ1n) is 8.82. The second kappa shape index (κ2) is 9.32. The van der Waals surface area contributed by atoms with Crippen molar-refractivity contribution in [2.45, 2.75) is 13.3 Å². The number of hydrogen-bond acceptors (Lipinski definition) is 6. The molecule has 0 unspecified atom stereocenters. The summed E-state index contributed by atoms with van der Waals surface area (Å²) in [6, 6.07) is 15.9.